The van der Waals surface area contributed by atoms with Gasteiger partial charge in [0.15, 0.2) is 0 Å². The summed E-state index contributed by atoms with van der Waals surface area (Å²) in [6.45, 7) is 9.36. The molecule has 0 aliphatic carbocycles. The van der Waals surface area contributed by atoms with E-state index in [1.54, 1.807) is 6.33 Å². The van der Waals surface area contributed by atoms with Crippen molar-refractivity contribution in [3.63, 3.8) is 0 Å². The molecular weight excluding hydrogens is 288 g/mol. The van der Waals surface area contributed by atoms with Gasteiger partial charge in [0.1, 0.15) is 18.0 Å². The number of rotatable bonds is 5. The fraction of sp³-hybridized carbons (Fsp3) is 0.471. The number of aromatic nitrogens is 3. The van der Waals surface area contributed by atoms with Crippen LogP contribution in [0.25, 0.3) is 0 Å². The third kappa shape index (κ3) is 4.39. The normalized spacial score (nSPS) is 17.0. The second kappa shape index (κ2) is 7.37. The quantitative estimate of drug-likeness (QED) is 0.908. The van der Waals surface area contributed by atoms with Crippen LogP contribution in [-0.4, -0.2) is 58.6 Å². The first-order valence-corrected chi connectivity index (χ1v) is 8.14. The fourth-order valence-electron chi connectivity index (χ4n) is 2.92. The molecule has 6 nitrogen and oxygen atoms in total. The maximum Gasteiger partial charge on any atom is 0.129 e. The smallest absolute Gasteiger partial charge is 0.129 e. The van der Waals surface area contributed by atoms with Gasteiger partial charge in [-0.3, -0.25) is 4.90 Å². The van der Waals surface area contributed by atoms with Crippen molar-refractivity contribution >= 4 is 11.6 Å². The lowest BCUT2D eigenvalue weighted by molar-refractivity contribution is 0.250. The fourth-order valence-corrected chi connectivity index (χ4v) is 2.92. The van der Waals surface area contributed by atoms with Crippen molar-refractivity contribution in [2.75, 3.05) is 42.9 Å². The zero-order valence-electron chi connectivity index (χ0n) is 13.8. The van der Waals surface area contributed by atoms with Crippen molar-refractivity contribution < 1.29 is 0 Å². The number of nitrogens with zero attached hydrogens (tertiary/aromatic N) is 5. The van der Waals surface area contributed by atoms with E-state index < -0.39 is 0 Å². The van der Waals surface area contributed by atoms with Gasteiger partial charge in [0, 0.05) is 56.7 Å². The number of anilines is 2. The monoisotopic (exact) mass is 312 g/mol. The number of nitrogens with one attached hydrogen (secondary N) is 1. The van der Waals surface area contributed by atoms with E-state index in [-0.39, 0.29) is 0 Å². The highest BCUT2D eigenvalue weighted by atomic mass is 15.3. The minimum Gasteiger partial charge on any atom is -0.366 e. The lowest BCUT2D eigenvalue weighted by Crippen LogP contribution is -2.49. The van der Waals surface area contributed by atoms with Gasteiger partial charge in [0.25, 0.3) is 0 Å². The average Bonchev–Trinajstić information content (AvgIpc) is 2.56. The minimum atomic E-state index is 0.353. The van der Waals surface area contributed by atoms with Gasteiger partial charge >= 0.3 is 0 Å². The summed E-state index contributed by atoms with van der Waals surface area (Å²) < 4.78 is 0. The Hall–Kier alpha value is -2.21. The highest BCUT2D eigenvalue weighted by molar-refractivity contribution is 5.38. The van der Waals surface area contributed by atoms with Crippen LogP contribution >= 0.6 is 0 Å². The summed E-state index contributed by atoms with van der Waals surface area (Å²) in [5.41, 5.74) is 0.985. The molecule has 1 aliphatic rings. The van der Waals surface area contributed by atoms with Gasteiger partial charge in [-0.25, -0.2) is 15.0 Å². The highest BCUT2D eigenvalue weighted by Gasteiger charge is 2.19. The van der Waals surface area contributed by atoms with E-state index >= 15 is 0 Å². The molecule has 1 saturated heterocycles. The topological polar surface area (TPSA) is 57.2 Å². The number of hydrogen-bond donors (Lipinski definition) is 1. The van der Waals surface area contributed by atoms with Crippen molar-refractivity contribution in [3.8, 4) is 0 Å². The summed E-state index contributed by atoms with van der Waals surface area (Å²) in [4.78, 5) is 17.7. The van der Waals surface area contributed by atoms with Gasteiger partial charge in [-0.1, -0.05) is 6.07 Å². The molecule has 1 N–H and O–H groups in total. The summed E-state index contributed by atoms with van der Waals surface area (Å²) in [5.74, 6) is 1.98. The van der Waals surface area contributed by atoms with Crippen molar-refractivity contribution in [3.05, 3.63) is 42.5 Å². The molecule has 1 aliphatic heterocycles. The predicted octanol–water partition coefficient (Wildman–Crippen LogP) is 1.80. The first kappa shape index (κ1) is 15.7. The van der Waals surface area contributed by atoms with Crippen LogP contribution in [0, 0.1) is 6.92 Å². The zero-order valence-corrected chi connectivity index (χ0v) is 13.8. The molecule has 122 valence electrons. The number of pyridine rings is 1. The van der Waals surface area contributed by atoms with E-state index in [4.69, 9.17) is 0 Å². The summed E-state index contributed by atoms with van der Waals surface area (Å²) in [6, 6.07) is 8.42. The van der Waals surface area contributed by atoms with Gasteiger partial charge in [0.05, 0.1) is 0 Å². The lowest BCUT2D eigenvalue weighted by atomic mass is 10.2. The summed E-state index contributed by atoms with van der Waals surface area (Å²) >= 11 is 0. The SMILES string of the molecule is Cc1cc(NC(C)CN2CCN(c3ccccn3)CC2)ncn1. The van der Waals surface area contributed by atoms with Gasteiger partial charge in [-0.15, -0.1) is 0 Å². The van der Waals surface area contributed by atoms with Crippen LogP contribution in [-0.2, 0) is 0 Å². The van der Waals surface area contributed by atoms with Crippen LogP contribution in [0.3, 0.4) is 0 Å². The summed E-state index contributed by atoms with van der Waals surface area (Å²) in [6.07, 6.45) is 3.47. The zero-order chi connectivity index (χ0) is 16.1. The summed E-state index contributed by atoms with van der Waals surface area (Å²) in [7, 11) is 0. The maximum atomic E-state index is 4.43. The molecule has 2 aromatic heterocycles. The third-order valence-corrected chi connectivity index (χ3v) is 4.08. The number of hydrogen-bond acceptors (Lipinski definition) is 6. The summed E-state index contributed by atoms with van der Waals surface area (Å²) in [5, 5.41) is 3.45. The minimum absolute atomic E-state index is 0.353. The van der Waals surface area contributed by atoms with Crippen molar-refractivity contribution in [1.82, 2.24) is 19.9 Å². The van der Waals surface area contributed by atoms with Crippen LogP contribution in [0.5, 0.6) is 0 Å². The molecule has 0 bridgehead atoms. The molecule has 3 rings (SSSR count). The van der Waals surface area contributed by atoms with Crippen LogP contribution in [0.2, 0.25) is 0 Å². The molecule has 1 fully saturated rings. The van der Waals surface area contributed by atoms with E-state index in [1.165, 1.54) is 0 Å². The van der Waals surface area contributed by atoms with Crippen molar-refractivity contribution in [1.29, 1.82) is 0 Å². The molecule has 2 aromatic rings. The second-order valence-corrected chi connectivity index (χ2v) is 6.07. The maximum absolute atomic E-state index is 4.43. The Morgan fingerprint density at radius 1 is 1.13 bits per heavy atom. The van der Waals surface area contributed by atoms with E-state index in [9.17, 15) is 0 Å². The average molecular weight is 312 g/mol. The largest absolute Gasteiger partial charge is 0.366 e. The number of aryl methyl sites for hydroxylation is 1. The Kier molecular flexibility index (Phi) is 5.02. The Morgan fingerprint density at radius 2 is 1.96 bits per heavy atom. The second-order valence-electron chi connectivity index (χ2n) is 6.07. The standard InChI is InChI=1S/C17H24N6/c1-14-11-16(20-13-19-14)21-15(2)12-22-7-9-23(10-8-22)17-5-3-4-6-18-17/h3-6,11,13,15H,7-10,12H2,1-2H3,(H,19,20,21). The molecule has 1 unspecified atom stereocenters. The first-order valence-electron chi connectivity index (χ1n) is 8.14. The molecule has 23 heavy (non-hydrogen) atoms. The Labute approximate surface area is 137 Å². The predicted molar refractivity (Wildman–Crippen MR) is 92.7 cm³/mol. The molecule has 0 saturated carbocycles. The first-order chi connectivity index (χ1) is 11.2. The Bertz CT molecular complexity index is 609. The van der Waals surface area contributed by atoms with Gasteiger partial charge in [-0.05, 0) is 26.0 Å². The van der Waals surface area contributed by atoms with E-state index in [0.717, 1.165) is 50.1 Å². The molecule has 0 radical (unpaired) electrons. The van der Waals surface area contributed by atoms with E-state index in [2.05, 4.69) is 43.1 Å². The Morgan fingerprint density at radius 3 is 2.65 bits per heavy atom. The van der Waals surface area contributed by atoms with Gasteiger partial charge < -0.3 is 10.2 Å². The van der Waals surface area contributed by atoms with Crippen molar-refractivity contribution in [2.24, 2.45) is 0 Å². The molecule has 1 atom stereocenters. The third-order valence-electron chi connectivity index (χ3n) is 4.08. The van der Waals surface area contributed by atoms with Gasteiger partial charge in [-0.2, -0.15) is 0 Å². The van der Waals surface area contributed by atoms with Crippen LogP contribution < -0.4 is 10.2 Å². The molecule has 3 heterocycles. The lowest BCUT2D eigenvalue weighted by Gasteiger charge is -2.36. The van der Waals surface area contributed by atoms with Crippen molar-refractivity contribution in [2.45, 2.75) is 19.9 Å². The van der Waals surface area contributed by atoms with E-state index in [0.29, 0.717) is 6.04 Å². The molecule has 0 spiro atoms. The Balaban J connectivity index is 1.47. The van der Waals surface area contributed by atoms with Crippen LogP contribution in [0.4, 0.5) is 11.6 Å². The molecule has 0 amide bonds. The number of piperazine rings is 1. The molecule has 6 heteroatoms. The molecular formula is C17H24N6. The van der Waals surface area contributed by atoms with Crippen LogP contribution in [0.1, 0.15) is 12.6 Å². The van der Waals surface area contributed by atoms with Crippen LogP contribution in [0.15, 0.2) is 36.8 Å². The van der Waals surface area contributed by atoms with Gasteiger partial charge in [0.2, 0.25) is 0 Å². The highest BCUT2D eigenvalue weighted by Crippen LogP contribution is 2.13. The van der Waals surface area contributed by atoms with E-state index in [1.807, 2.05) is 31.3 Å². The molecule has 0 aromatic carbocycles.